The molecule has 0 amide bonds. The van der Waals surface area contributed by atoms with Gasteiger partial charge in [0.1, 0.15) is 17.5 Å². The number of carbonyl (C=O) groups is 1. The van der Waals surface area contributed by atoms with Crippen LogP contribution in [-0.4, -0.2) is 18.1 Å². The van der Waals surface area contributed by atoms with Gasteiger partial charge in [0.05, 0.1) is 12.7 Å². The molecule has 4 nitrogen and oxygen atoms in total. The minimum absolute atomic E-state index is 0.137. The molecule has 0 aliphatic heterocycles. The fourth-order valence-electron chi connectivity index (χ4n) is 1.53. The molecule has 98 valence electrons. The number of rotatable bonds is 4. The minimum Gasteiger partial charge on any atom is -0.497 e. The van der Waals surface area contributed by atoms with Gasteiger partial charge in [-0.2, -0.15) is 0 Å². The Bertz CT molecular complexity index is 586. The third-order valence-electron chi connectivity index (χ3n) is 2.48. The van der Waals surface area contributed by atoms with E-state index in [0.29, 0.717) is 5.75 Å². The summed E-state index contributed by atoms with van der Waals surface area (Å²) in [4.78, 5) is 15.6. The predicted molar refractivity (Wildman–Crippen MR) is 71.4 cm³/mol. The number of esters is 1. The predicted octanol–water partition coefficient (Wildman–Crippen LogP) is 3.10. The lowest BCUT2D eigenvalue weighted by Crippen LogP contribution is -2.06. The number of methoxy groups -OCH3 is 1. The smallest absolute Gasteiger partial charge is 0.341 e. The zero-order valence-electron chi connectivity index (χ0n) is 10.3. The Labute approximate surface area is 115 Å². The number of aromatic nitrogens is 1. The fraction of sp³-hybridized carbons (Fsp3) is 0.143. The molecule has 0 bridgehead atoms. The van der Waals surface area contributed by atoms with E-state index in [1.807, 2.05) is 18.2 Å². The van der Waals surface area contributed by atoms with Gasteiger partial charge in [-0.25, -0.2) is 9.78 Å². The Balaban J connectivity index is 2.02. The first kappa shape index (κ1) is 13.4. The van der Waals surface area contributed by atoms with Crippen LogP contribution in [0.3, 0.4) is 0 Å². The first-order chi connectivity index (χ1) is 9.20. The highest BCUT2D eigenvalue weighted by Gasteiger charge is 2.12. The molecule has 0 radical (unpaired) electrons. The van der Waals surface area contributed by atoms with Crippen molar-refractivity contribution < 1.29 is 14.3 Å². The Morgan fingerprint density at radius 1 is 1.32 bits per heavy atom. The van der Waals surface area contributed by atoms with Crippen molar-refractivity contribution in [2.75, 3.05) is 7.11 Å². The lowest BCUT2D eigenvalue weighted by molar-refractivity contribution is 0.0472. The summed E-state index contributed by atoms with van der Waals surface area (Å²) in [6.45, 7) is 0.154. The van der Waals surface area contributed by atoms with E-state index >= 15 is 0 Å². The third-order valence-corrected chi connectivity index (χ3v) is 2.78. The molecule has 1 aromatic heterocycles. The molecule has 1 heterocycles. The normalized spacial score (nSPS) is 10.0. The number of pyridine rings is 1. The number of benzene rings is 1. The number of halogens is 1. The van der Waals surface area contributed by atoms with E-state index in [4.69, 9.17) is 21.1 Å². The van der Waals surface area contributed by atoms with Crippen LogP contribution in [0.2, 0.25) is 5.15 Å². The van der Waals surface area contributed by atoms with Crippen LogP contribution in [0.5, 0.6) is 5.75 Å². The summed E-state index contributed by atoms with van der Waals surface area (Å²) in [5, 5.41) is 0.137. The second-order valence-corrected chi connectivity index (χ2v) is 4.13. The Morgan fingerprint density at radius 2 is 2.16 bits per heavy atom. The molecule has 1 aromatic carbocycles. The lowest BCUT2D eigenvalue weighted by atomic mass is 10.2. The van der Waals surface area contributed by atoms with Crippen molar-refractivity contribution in [1.82, 2.24) is 4.98 Å². The lowest BCUT2D eigenvalue weighted by Gasteiger charge is -2.07. The summed E-state index contributed by atoms with van der Waals surface area (Å²) >= 11 is 5.82. The highest BCUT2D eigenvalue weighted by molar-refractivity contribution is 6.32. The van der Waals surface area contributed by atoms with Crippen molar-refractivity contribution in [1.29, 1.82) is 0 Å². The molecule has 0 atom stereocenters. The van der Waals surface area contributed by atoms with E-state index in [1.54, 1.807) is 25.3 Å². The van der Waals surface area contributed by atoms with Gasteiger partial charge in [0.2, 0.25) is 0 Å². The first-order valence-electron chi connectivity index (χ1n) is 5.61. The van der Waals surface area contributed by atoms with Gasteiger partial charge >= 0.3 is 5.97 Å². The molecule has 19 heavy (non-hydrogen) atoms. The Kier molecular flexibility index (Phi) is 4.36. The van der Waals surface area contributed by atoms with Gasteiger partial charge in [-0.1, -0.05) is 23.7 Å². The van der Waals surface area contributed by atoms with Crippen molar-refractivity contribution in [2.24, 2.45) is 0 Å². The summed E-state index contributed by atoms with van der Waals surface area (Å²) in [6, 6.07) is 10.5. The monoisotopic (exact) mass is 277 g/mol. The summed E-state index contributed by atoms with van der Waals surface area (Å²) in [6.07, 6.45) is 1.52. The summed E-state index contributed by atoms with van der Waals surface area (Å²) in [5.41, 5.74) is 1.10. The standard InChI is InChI=1S/C14H12ClNO3/c1-18-11-5-2-4-10(8-11)9-19-14(17)12-6-3-7-16-13(12)15/h2-8H,9H2,1H3. The van der Waals surface area contributed by atoms with Gasteiger partial charge in [-0.15, -0.1) is 0 Å². The van der Waals surface area contributed by atoms with Crippen LogP contribution in [0.1, 0.15) is 15.9 Å². The highest BCUT2D eigenvalue weighted by Crippen LogP contribution is 2.16. The van der Waals surface area contributed by atoms with Gasteiger partial charge in [0.25, 0.3) is 0 Å². The topological polar surface area (TPSA) is 48.4 Å². The molecule has 2 aromatic rings. The van der Waals surface area contributed by atoms with Gasteiger partial charge in [-0.3, -0.25) is 0 Å². The molecule has 0 fully saturated rings. The van der Waals surface area contributed by atoms with Crippen molar-refractivity contribution in [2.45, 2.75) is 6.61 Å². The zero-order chi connectivity index (χ0) is 13.7. The summed E-state index contributed by atoms with van der Waals surface area (Å²) in [7, 11) is 1.58. The van der Waals surface area contributed by atoms with Crippen LogP contribution in [0.15, 0.2) is 42.6 Å². The van der Waals surface area contributed by atoms with E-state index in [9.17, 15) is 4.79 Å². The summed E-state index contributed by atoms with van der Waals surface area (Å²) in [5.74, 6) is 0.217. The van der Waals surface area contributed by atoms with Crippen molar-refractivity contribution in [3.8, 4) is 5.75 Å². The first-order valence-corrected chi connectivity index (χ1v) is 5.99. The van der Waals surface area contributed by atoms with Crippen molar-refractivity contribution in [3.05, 3.63) is 58.9 Å². The van der Waals surface area contributed by atoms with Crippen LogP contribution in [0.4, 0.5) is 0 Å². The van der Waals surface area contributed by atoms with E-state index in [1.165, 1.54) is 6.20 Å². The molecule has 0 saturated carbocycles. The van der Waals surface area contributed by atoms with Crippen LogP contribution >= 0.6 is 11.6 Å². The van der Waals surface area contributed by atoms with Gasteiger partial charge in [-0.05, 0) is 29.8 Å². The zero-order valence-corrected chi connectivity index (χ0v) is 11.1. The molecule has 0 aliphatic rings. The molecular formula is C14H12ClNO3. The van der Waals surface area contributed by atoms with Crippen LogP contribution in [-0.2, 0) is 11.3 Å². The van der Waals surface area contributed by atoms with Gasteiger partial charge in [0.15, 0.2) is 0 Å². The molecule has 0 spiro atoms. The average molecular weight is 278 g/mol. The molecular weight excluding hydrogens is 266 g/mol. The van der Waals surface area contributed by atoms with Crippen LogP contribution in [0.25, 0.3) is 0 Å². The molecule has 5 heteroatoms. The molecule has 0 aliphatic carbocycles. The number of hydrogen-bond acceptors (Lipinski definition) is 4. The average Bonchev–Trinajstić information content (AvgIpc) is 2.45. The van der Waals surface area contributed by atoms with Crippen LogP contribution < -0.4 is 4.74 Å². The number of nitrogens with zero attached hydrogens (tertiary/aromatic N) is 1. The Morgan fingerprint density at radius 3 is 2.89 bits per heavy atom. The van der Waals surface area contributed by atoms with Crippen molar-refractivity contribution >= 4 is 17.6 Å². The van der Waals surface area contributed by atoms with E-state index in [0.717, 1.165) is 5.56 Å². The quantitative estimate of drug-likeness (QED) is 0.636. The van der Waals surface area contributed by atoms with E-state index < -0.39 is 5.97 Å². The maximum absolute atomic E-state index is 11.8. The maximum atomic E-state index is 11.8. The molecule has 0 saturated heterocycles. The number of hydrogen-bond donors (Lipinski definition) is 0. The fourth-order valence-corrected chi connectivity index (χ4v) is 1.72. The maximum Gasteiger partial charge on any atom is 0.341 e. The SMILES string of the molecule is COc1cccc(COC(=O)c2cccnc2Cl)c1. The second kappa shape index (κ2) is 6.20. The number of ether oxygens (including phenoxy) is 2. The third kappa shape index (κ3) is 3.45. The van der Waals surface area contributed by atoms with Gasteiger partial charge in [0, 0.05) is 6.20 Å². The van der Waals surface area contributed by atoms with Crippen LogP contribution in [0, 0.1) is 0 Å². The molecule has 0 unspecified atom stereocenters. The number of carbonyl (C=O) groups excluding carboxylic acids is 1. The highest BCUT2D eigenvalue weighted by atomic mass is 35.5. The van der Waals surface area contributed by atoms with E-state index in [-0.39, 0.29) is 17.3 Å². The Hall–Kier alpha value is -2.07. The van der Waals surface area contributed by atoms with Gasteiger partial charge < -0.3 is 9.47 Å². The largest absolute Gasteiger partial charge is 0.497 e. The van der Waals surface area contributed by atoms with Crippen molar-refractivity contribution in [3.63, 3.8) is 0 Å². The second-order valence-electron chi connectivity index (χ2n) is 3.77. The molecule has 2 rings (SSSR count). The molecule has 0 N–H and O–H groups in total. The minimum atomic E-state index is -0.499. The van der Waals surface area contributed by atoms with E-state index in [2.05, 4.69) is 4.98 Å². The summed E-state index contributed by atoms with van der Waals surface area (Å²) < 4.78 is 10.3.